The third-order valence-corrected chi connectivity index (χ3v) is 6.08. The van der Waals surface area contributed by atoms with E-state index in [0.29, 0.717) is 23.6 Å². The molecule has 1 amide bonds. The lowest BCUT2D eigenvalue weighted by Crippen LogP contribution is -2.20. The molecule has 0 saturated heterocycles. The van der Waals surface area contributed by atoms with Crippen LogP contribution in [0.25, 0.3) is 22.2 Å². The van der Waals surface area contributed by atoms with E-state index in [4.69, 9.17) is 0 Å². The Hall–Kier alpha value is -4.33. The molecule has 176 valence electrons. The largest absolute Gasteiger partial charge is 0.321 e. The fourth-order valence-electron chi connectivity index (χ4n) is 4.36. The van der Waals surface area contributed by atoms with Crippen molar-refractivity contribution >= 4 is 22.6 Å². The SMILES string of the molecule is Cc1nn(Cc2ccc(F)cc2)c(C)c1NC(=O)Cn1nc(C)c2c(-c3ccccc3)ccnc21. The average Bonchev–Trinajstić information content (AvgIpc) is 3.31. The maximum absolute atomic E-state index is 13.2. The van der Waals surface area contributed by atoms with Gasteiger partial charge in [0.1, 0.15) is 12.4 Å². The van der Waals surface area contributed by atoms with Crippen molar-refractivity contribution in [2.45, 2.75) is 33.9 Å². The molecule has 1 N–H and O–H groups in total. The number of pyridine rings is 1. The number of anilines is 1. The van der Waals surface area contributed by atoms with Gasteiger partial charge in [-0.25, -0.2) is 14.1 Å². The number of hydrogen-bond acceptors (Lipinski definition) is 4. The summed E-state index contributed by atoms with van der Waals surface area (Å²) in [4.78, 5) is 17.5. The first-order chi connectivity index (χ1) is 16.9. The highest BCUT2D eigenvalue weighted by Crippen LogP contribution is 2.29. The number of fused-ring (bicyclic) bond motifs is 1. The van der Waals surface area contributed by atoms with E-state index >= 15 is 0 Å². The second-order valence-electron chi connectivity index (χ2n) is 8.54. The van der Waals surface area contributed by atoms with Gasteiger partial charge in [0.15, 0.2) is 5.65 Å². The second-order valence-corrected chi connectivity index (χ2v) is 8.54. The Morgan fingerprint density at radius 2 is 1.63 bits per heavy atom. The Morgan fingerprint density at radius 3 is 2.37 bits per heavy atom. The van der Waals surface area contributed by atoms with E-state index in [0.717, 1.165) is 33.5 Å². The van der Waals surface area contributed by atoms with Crippen LogP contribution in [0.4, 0.5) is 10.1 Å². The lowest BCUT2D eigenvalue weighted by atomic mass is 10.0. The van der Waals surface area contributed by atoms with Crippen molar-refractivity contribution in [2.24, 2.45) is 0 Å². The van der Waals surface area contributed by atoms with Gasteiger partial charge in [-0.05, 0) is 55.7 Å². The molecule has 0 fully saturated rings. The van der Waals surface area contributed by atoms with E-state index in [-0.39, 0.29) is 18.3 Å². The summed E-state index contributed by atoms with van der Waals surface area (Å²) in [6.45, 7) is 6.19. The summed E-state index contributed by atoms with van der Waals surface area (Å²) in [5, 5.41) is 13.1. The molecule has 0 bridgehead atoms. The molecule has 7 nitrogen and oxygen atoms in total. The van der Waals surface area contributed by atoms with E-state index in [9.17, 15) is 9.18 Å². The molecule has 8 heteroatoms. The number of amides is 1. The first-order valence-electron chi connectivity index (χ1n) is 11.4. The standard InChI is InChI=1S/C27H25FN6O/c1-17-25-23(21-7-5-4-6-8-21)13-14-29-27(25)34(31-17)16-24(35)30-26-18(2)32-33(19(26)3)15-20-9-11-22(28)12-10-20/h4-14H,15-16H2,1-3H3,(H,30,35). The minimum Gasteiger partial charge on any atom is -0.321 e. The van der Waals surface area contributed by atoms with Crippen LogP contribution in [0.2, 0.25) is 0 Å². The van der Waals surface area contributed by atoms with Gasteiger partial charge in [0.25, 0.3) is 0 Å². The quantitative estimate of drug-likeness (QED) is 0.379. The first kappa shape index (κ1) is 22.5. The molecule has 0 aliphatic heterocycles. The molecule has 5 aromatic rings. The zero-order valence-electron chi connectivity index (χ0n) is 19.8. The van der Waals surface area contributed by atoms with Crippen LogP contribution in [0, 0.1) is 26.6 Å². The van der Waals surface area contributed by atoms with Crippen LogP contribution in [0.15, 0.2) is 66.9 Å². The van der Waals surface area contributed by atoms with Gasteiger partial charge in [-0.15, -0.1) is 0 Å². The Balaban J connectivity index is 1.38. The minimum absolute atomic E-state index is 0.0254. The Labute approximate surface area is 202 Å². The fraction of sp³-hybridized carbons (Fsp3) is 0.185. The van der Waals surface area contributed by atoms with Gasteiger partial charge in [-0.2, -0.15) is 10.2 Å². The maximum Gasteiger partial charge on any atom is 0.246 e. The average molecular weight is 469 g/mol. The number of carbonyl (C=O) groups excluding carboxylic acids is 1. The number of rotatable bonds is 6. The summed E-state index contributed by atoms with van der Waals surface area (Å²) in [5.41, 5.74) is 6.73. The van der Waals surface area contributed by atoms with E-state index < -0.39 is 0 Å². The fourth-order valence-corrected chi connectivity index (χ4v) is 4.36. The third kappa shape index (κ3) is 4.42. The maximum atomic E-state index is 13.2. The Morgan fingerprint density at radius 1 is 0.914 bits per heavy atom. The number of nitrogens with zero attached hydrogens (tertiary/aromatic N) is 5. The number of benzene rings is 2. The van der Waals surface area contributed by atoms with Crippen molar-refractivity contribution in [3.63, 3.8) is 0 Å². The molecule has 35 heavy (non-hydrogen) atoms. The van der Waals surface area contributed by atoms with Crippen molar-refractivity contribution in [3.8, 4) is 11.1 Å². The number of aromatic nitrogens is 5. The van der Waals surface area contributed by atoms with Crippen molar-refractivity contribution in [2.75, 3.05) is 5.32 Å². The van der Waals surface area contributed by atoms with Gasteiger partial charge in [0.2, 0.25) is 5.91 Å². The predicted molar refractivity (Wildman–Crippen MR) is 134 cm³/mol. The van der Waals surface area contributed by atoms with Gasteiger partial charge < -0.3 is 5.32 Å². The molecule has 0 atom stereocenters. The normalized spacial score (nSPS) is 11.2. The van der Waals surface area contributed by atoms with Gasteiger partial charge in [-0.1, -0.05) is 42.5 Å². The molecule has 0 saturated carbocycles. The van der Waals surface area contributed by atoms with Crippen molar-refractivity contribution in [1.82, 2.24) is 24.5 Å². The molecule has 0 spiro atoms. The van der Waals surface area contributed by atoms with Crippen LogP contribution in [0.1, 0.15) is 22.6 Å². The summed E-state index contributed by atoms with van der Waals surface area (Å²) in [5.74, 6) is -0.490. The minimum atomic E-state index is -0.276. The summed E-state index contributed by atoms with van der Waals surface area (Å²) < 4.78 is 16.7. The second kappa shape index (κ2) is 9.13. The van der Waals surface area contributed by atoms with Crippen molar-refractivity contribution in [3.05, 3.63) is 95.3 Å². The summed E-state index contributed by atoms with van der Waals surface area (Å²) in [7, 11) is 0. The van der Waals surface area contributed by atoms with E-state index in [2.05, 4.69) is 20.5 Å². The van der Waals surface area contributed by atoms with E-state index in [1.165, 1.54) is 12.1 Å². The van der Waals surface area contributed by atoms with Crippen molar-refractivity contribution < 1.29 is 9.18 Å². The van der Waals surface area contributed by atoms with Gasteiger partial charge >= 0.3 is 0 Å². The van der Waals surface area contributed by atoms with Gasteiger partial charge in [0.05, 0.1) is 29.3 Å². The van der Waals surface area contributed by atoms with Crippen LogP contribution >= 0.6 is 0 Å². The van der Waals surface area contributed by atoms with Crippen LogP contribution in [-0.2, 0) is 17.9 Å². The zero-order valence-corrected chi connectivity index (χ0v) is 19.8. The van der Waals surface area contributed by atoms with Crippen LogP contribution in [-0.4, -0.2) is 30.5 Å². The van der Waals surface area contributed by atoms with Crippen molar-refractivity contribution in [1.29, 1.82) is 0 Å². The smallest absolute Gasteiger partial charge is 0.246 e. The van der Waals surface area contributed by atoms with Crippen LogP contribution < -0.4 is 5.32 Å². The number of nitrogens with one attached hydrogen (secondary N) is 1. The molecule has 3 heterocycles. The Kier molecular flexibility index (Phi) is 5.86. The predicted octanol–water partition coefficient (Wildman–Crippen LogP) is 5.05. The molecular weight excluding hydrogens is 443 g/mol. The molecule has 5 rings (SSSR count). The number of carbonyl (C=O) groups is 1. The van der Waals surface area contributed by atoms with Crippen LogP contribution in [0.5, 0.6) is 0 Å². The highest BCUT2D eigenvalue weighted by atomic mass is 19.1. The molecule has 0 aliphatic carbocycles. The molecule has 0 radical (unpaired) electrons. The van der Waals surface area contributed by atoms with E-state index in [1.807, 2.05) is 57.2 Å². The number of halogens is 1. The molecular formula is C27H25FN6O. The highest BCUT2D eigenvalue weighted by molar-refractivity contribution is 5.96. The molecule has 3 aromatic heterocycles. The molecule has 0 aliphatic rings. The van der Waals surface area contributed by atoms with Crippen LogP contribution in [0.3, 0.4) is 0 Å². The lowest BCUT2D eigenvalue weighted by Gasteiger charge is -2.08. The number of aryl methyl sites for hydroxylation is 2. The summed E-state index contributed by atoms with van der Waals surface area (Å²) in [6.07, 6.45) is 1.74. The monoisotopic (exact) mass is 468 g/mol. The van der Waals surface area contributed by atoms with E-state index in [1.54, 1.807) is 27.7 Å². The van der Waals surface area contributed by atoms with Gasteiger partial charge in [-0.3, -0.25) is 9.48 Å². The topological polar surface area (TPSA) is 77.6 Å². The molecule has 0 unspecified atom stereocenters. The highest BCUT2D eigenvalue weighted by Gasteiger charge is 2.18. The Bertz CT molecular complexity index is 1520. The van der Waals surface area contributed by atoms with Gasteiger partial charge in [0, 0.05) is 11.6 Å². The summed E-state index contributed by atoms with van der Waals surface area (Å²) >= 11 is 0. The summed E-state index contributed by atoms with van der Waals surface area (Å²) in [6, 6.07) is 18.4. The first-order valence-corrected chi connectivity index (χ1v) is 11.4. The molecule has 2 aromatic carbocycles. The lowest BCUT2D eigenvalue weighted by molar-refractivity contribution is -0.116. The zero-order chi connectivity index (χ0) is 24.5. The third-order valence-electron chi connectivity index (χ3n) is 6.08. The number of hydrogen-bond donors (Lipinski definition) is 1.